The van der Waals surface area contributed by atoms with Gasteiger partial charge < -0.3 is 5.11 Å². The van der Waals surface area contributed by atoms with E-state index in [-0.39, 0.29) is 8.46 Å². The molecule has 0 fully saturated rings. The van der Waals surface area contributed by atoms with E-state index in [0.29, 0.717) is 6.42 Å². The number of aryl methyl sites for hydroxylation is 1. The van der Waals surface area contributed by atoms with Crippen molar-refractivity contribution in [2.45, 2.75) is 31.3 Å². The lowest BCUT2D eigenvalue weighted by Gasteiger charge is -2.04. The molecule has 86 valence electrons. The molecule has 16 heavy (non-hydrogen) atoms. The zero-order valence-electron chi connectivity index (χ0n) is 9.00. The van der Waals surface area contributed by atoms with Gasteiger partial charge in [-0.2, -0.15) is 0 Å². The molecule has 4 heteroatoms. The maximum Gasteiger partial charge on any atom is 0.318 e. The maximum atomic E-state index is 10.6. The van der Waals surface area contributed by atoms with Gasteiger partial charge in [-0.15, -0.1) is 0 Å². The Morgan fingerprint density at radius 2 is 1.94 bits per heavy atom. The molecule has 0 aliphatic rings. The summed E-state index contributed by atoms with van der Waals surface area (Å²) in [6, 6.07) is 10.1. The van der Waals surface area contributed by atoms with E-state index in [0.717, 1.165) is 19.3 Å². The molecule has 0 aromatic heterocycles. The molecule has 1 aromatic rings. The molecule has 1 N–H and O–H groups in total. The van der Waals surface area contributed by atoms with Crippen LogP contribution >= 0.6 is 8.46 Å². The van der Waals surface area contributed by atoms with Crippen LogP contribution in [-0.2, 0) is 15.8 Å². The number of hydrogen-bond donors (Lipinski definition) is 1. The van der Waals surface area contributed by atoms with Crippen LogP contribution < -0.4 is 0 Å². The quantitative estimate of drug-likeness (QED) is 0.586. The first kappa shape index (κ1) is 12.9. The van der Waals surface area contributed by atoms with Gasteiger partial charge in [-0.3, -0.25) is 9.36 Å². The van der Waals surface area contributed by atoms with Gasteiger partial charge in [0.15, 0.2) is 8.46 Å². The molecular formula is C12H15O3P. The molecule has 1 rings (SSSR count). The van der Waals surface area contributed by atoms with Crippen molar-refractivity contribution in [1.82, 2.24) is 0 Å². The number of carboxylic acids is 1. The highest BCUT2D eigenvalue weighted by molar-refractivity contribution is 7.26. The third kappa shape index (κ3) is 4.54. The largest absolute Gasteiger partial charge is 0.480 e. The molecule has 1 atom stereocenters. The smallest absolute Gasteiger partial charge is 0.318 e. The fourth-order valence-corrected chi connectivity index (χ4v) is 1.91. The summed E-state index contributed by atoms with van der Waals surface area (Å²) in [6.07, 6.45) is 3.15. The second kappa shape index (κ2) is 7.13. The van der Waals surface area contributed by atoms with E-state index >= 15 is 0 Å². The summed E-state index contributed by atoms with van der Waals surface area (Å²) in [7, 11) is -0.284. The Kier molecular flexibility index (Phi) is 5.73. The minimum Gasteiger partial charge on any atom is -0.480 e. The van der Waals surface area contributed by atoms with Gasteiger partial charge in [0.25, 0.3) is 0 Å². The number of rotatable bonds is 7. The van der Waals surface area contributed by atoms with Gasteiger partial charge in [0.2, 0.25) is 0 Å². The zero-order valence-corrected chi connectivity index (χ0v) is 9.90. The van der Waals surface area contributed by atoms with Gasteiger partial charge in [0.1, 0.15) is 5.66 Å². The molecule has 0 bridgehead atoms. The third-order valence-corrected chi connectivity index (χ3v) is 3.18. The van der Waals surface area contributed by atoms with Gasteiger partial charge in [-0.05, 0) is 24.8 Å². The number of benzene rings is 1. The zero-order chi connectivity index (χ0) is 11.8. The van der Waals surface area contributed by atoms with Crippen molar-refractivity contribution in [3.8, 4) is 0 Å². The maximum absolute atomic E-state index is 10.6. The summed E-state index contributed by atoms with van der Waals surface area (Å²) >= 11 is 0. The SMILES string of the molecule is O=PC(CCCCc1ccccc1)C(=O)O. The summed E-state index contributed by atoms with van der Waals surface area (Å²) in [4.78, 5) is 10.6. The lowest BCUT2D eigenvalue weighted by Crippen LogP contribution is -2.12. The first-order valence-electron chi connectivity index (χ1n) is 5.33. The Labute approximate surface area is 96.7 Å². The number of hydrogen-bond acceptors (Lipinski definition) is 2. The molecule has 1 aromatic carbocycles. The van der Waals surface area contributed by atoms with Gasteiger partial charge >= 0.3 is 5.97 Å². The van der Waals surface area contributed by atoms with E-state index < -0.39 is 11.6 Å². The lowest BCUT2D eigenvalue weighted by atomic mass is 10.1. The van der Waals surface area contributed by atoms with Crippen molar-refractivity contribution < 1.29 is 14.5 Å². The summed E-state index contributed by atoms with van der Waals surface area (Å²) in [5, 5.41) is 8.68. The minimum atomic E-state index is -0.976. The normalized spacial score (nSPS) is 12.5. The number of aliphatic carboxylic acids is 1. The Morgan fingerprint density at radius 1 is 1.25 bits per heavy atom. The topological polar surface area (TPSA) is 54.4 Å². The van der Waals surface area contributed by atoms with Crippen LogP contribution in [0.1, 0.15) is 24.8 Å². The highest BCUT2D eigenvalue weighted by Crippen LogP contribution is 2.16. The average Bonchev–Trinajstić information content (AvgIpc) is 2.30. The number of carboxylic acid groups (broad SMARTS) is 1. The number of carbonyl (C=O) groups is 1. The van der Waals surface area contributed by atoms with E-state index in [9.17, 15) is 9.36 Å². The molecule has 0 aliphatic carbocycles. The fraction of sp³-hybridized carbons (Fsp3) is 0.417. The monoisotopic (exact) mass is 238 g/mol. The highest BCUT2D eigenvalue weighted by Gasteiger charge is 2.16. The van der Waals surface area contributed by atoms with Crippen LogP contribution in [0.25, 0.3) is 0 Å². The highest BCUT2D eigenvalue weighted by atomic mass is 31.1. The van der Waals surface area contributed by atoms with E-state index in [2.05, 4.69) is 12.1 Å². The van der Waals surface area contributed by atoms with Gasteiger partial charge in [0.05, 0.1) is 0 Å². The van der Waals surface area contributed by atoms with Gasteiger partial charge in [-0.1, -0.05) is 36.8 Å². The fourth-order valence-electron chi connectivity index (χ4n) is 1.53. The van der Waals surface area contributed by atoms with Crippen molar-refractivity contribution in [2.24, 2.45) is 0 Å². The van der Waals surface area contributed by atoms with E-state index in [1.54, 1.807) is 0 Å². The van der Waals surface area contributed by atoms with Crippen LogP contribution in [0.15, 0.2) is 30.3 Å². The molecular weight excluding hydrogens is 223 g/mol. The first-order chi connectivity index (χ1) is 7.74. The molecule has 0 saturated carbocycles. The van der Waals surface area contributed by atoms with Gasteiger partial charge in [0, 0.05) is 0 Å². The minimum absolute atomic E-state index is 0.284. The Morgan fingerprint density at radius 3 is 2.50 bits per heavy atom. The standard InChI is InChI=1S/C12H15O3P/c13-12(14)11(16-15)9-5-4-8-10-6-2-1-3-7-10/h1-3,6-7,11H,4-5,8-9H2,(H,13,14). The van der Waals surface area contributed by atoms with E-state index in [1.165, 1.54) is 5.56 Å². The molecule has 1 unspecified atom stereocenters. The van der Waals surface area contributed by atoms with Crippen molar-refractivity contribution in [3.63, 3.8) is 0 Å². The summed E-state index contributed by atoms with van der Waals surface area (Å²) in [5.74, 6) is -0.976. The van der Waals surface area contributed by atoms with Crippen LogP contribution in [0.3, 0.4) is 0 Å². The van der Waals surface area contributed by atoms with Crippen molar-refractivity contribution in [3.05, 3.63) is 35.9 Å². The molecule has 3 nitrogen and oxygen atoms in total. The molecule has 0 aliphatic heterocycles. The van der Waals surface area contributed by atoms with Crippen LogP contribution in [0.2, 0.25) is 0 Å². The lowest BCUT2D eigenvalue weighted by molar-refractivity contribution is -0.136. The second-order valence-electron chi connectivity index (χ2n) is 3.69. The predicted molar refractivity (Wildman–Crippen MR) is 63.0 cm³/mol. The molecule has 0 saturated heterocycles. The number of unbranched alkanes of at least 4 members (excludes halogenated alkanes) is 1. The molecule has 0 heterocycles. The van der Waals surface area contributed by atoms with Crippen molar-refractivity contribution >= 4 is 14.4 Å². The van der Waals surface area contributed by atoms with Crippen LogP contribution in [-0.4, -0.2) is 16.7 Å². The van der Waals surface area contributed by atoms with Crippen molar-refractivity contribution in [1.29, 1.82) is 0 Å². The van der Waals surface area contributed by atoms with Crippen LogP contribution in [0.5, 0.6) is 0 Å². The van der Waals surface area contributed by atoms with Crippen LogP contribution in [0, 0.1) is 0 Å². The summed E-state index contributed by atoms with van der Waals surface area (Å²) in [6.45, 7) is 0. The van der Waals surface area contributed by atoms with E-state index in [1.807, 2.05) is 18.2 Å². The Balaban J connectivity index is 2.21. The first-order valence-corrected chi connectivity index (χ1v) is 6.21. The second-order valence-corrected chi connectivity index (χ2v) is 4.52. The van der Waals surface area contributed by atoms with Crippen LogP contribution in [0.4, 0.5) is 0 Å². The molecule has 0 spiro atoms. The Bertz CT molecular complexity index is 337. The van der Waals surface area contributed by atoms with Crippen molar-refractivity contribution in [2.75, 3.05) is 0 Å². The Hall–Kier alpha value is -1.21. The predicted octanol–water partition coefficient (Wildman–Crippen LogP) is 3.14. The summed E-state index contributed by atoms with van der Waals surface area (Å²) < 4.78 is 10.5. The molecule has 0 amide bonds. The van der Waals surface area contributed by atoms with Gasteiger partial charge in [-0.25, -0.2) is 0 Å². The van der Waals surface area contributed by atoms with E-state index in [4.69, 9.17) is 5.11 Å². The summed E-state index contributed by atoms with van der Waals surface area (Å²) in [5.41, 5.74) is 0.518. The third-order valence-electron chi connectivity index (χ3n) is 2.45. The molecule has 0 radical (unpaired) electrons. The average molecular weight is 238 g/mol.